The number of nitrogens with zero attached hydrogens (tertiary/aromatic N) is 3. The fourth-order valence-corrected chi connectivity index (χ4v) is 3.26. The normalized spacial score (nSPS) is 13.2. The van der Waals surface area contributed by atoms with Gasteiger partial charge in [-0.25, -0.2) is 4.98 Å². The van der Waals surface area contributed by atoms with E-state index in [9.17, 15) is 5.26 Å². The van der Waals surface area contributed by atoms with E-state index in [4.69, 9.17) is 11.6 Å². The number of hydrogen-bond acceptors (Lipinski definition) is 2. The van der Waals surface area contributed by atoms with Crippen LogP contribution < -0.4 is 0 Å². The van der Waals surface area contributed by atoms with Gasteiger partial charge >= 0.3 is 0 Å². The van der Waals surface area contributed by atoms with Crippen molar-refractivity contribution < 1.29 is 0 Å². The highest BCUT2D eigenvalue weighted by Gasteiger charge is 2.36. The summed E-state index contributed by atoms with van der Waals surface area (Å²) in [5.74, 6) is 0. The minimum atomic E-state index is -0.969. The minimum absolute atomic E-state index is 0.651. The Hall–Kier alpha value is -2.57. The van der Waals surface area contributed by atoms with Gasteiger partial charge in [-0.15, -0.1) is 0 Å². The molecule has 0 N–H and O–H groups in total. The van der Waals surface area contributed by atoms with Crippen LogP contribution in [0.25, 0.3) is 0 Å². The van der Waals surface area contributed by atoms with Crippen LogP contribution in [0.5, 0.6) is 0 Å². The third kappa shape index (κ3) is 3.31. The average molecular weight is 350 g/mol. The summed E-state index contributed by atoms with van der Waals surface area (Å²) in [6.07, 6.45) is 8.51. The van der Waals surface area contributed by atoms with Crippen LogP contribution in [0.2, 0.25) is 5.02 Å². The van der Waals surface area contributed by atoms with E-state index in [1.165, 1.54) is 5.56 Å². The topological polar surface area (TPSA) is 41.6 Å². The van der Waals surface area contributed by atoms with Crippen LogP contribution in [0.4, 0.5) is 0 Å². The van der Waals surface area contributed by atoms with E-state index in [1.807, 2.05) is 47.2 Å². The number of hydrogen-bond donors (Lipinski definition) is 0. The highest BCUT2D eigenvalue weighted by atomic mass is 35.5. The van der Waals surface area contributed by atoms with E-state index < -0.39 is 5.54 Å². The van der Waals surface area contributed by atoms with Gasteiger partial charge in [0.25, 0.3) is 0 Å². The summed E-state index contributed by atoms with van der Waals surface area (Å²) in [5, 5.41) is 10.9. The molecule has 25 heavy (non-hydrogen) atoms. The van der Waals surface area contributed by atoms with E-state index in [2.05, 4.69) is 30.1 Å². The second-order valence-electron chi connectivity index (χ2n) is 6.10. The van der Waals surface area contributed by atoms with Crippen LogP contribution in [-0.4, -0.2) is 9.55 Å². The van der Waals surface area contributed by atoms with Crippen molar-refractivity contribution in [3.8, 4) is 6.07 Å². The molecule has 0 saturated heterocycles. The lowest BCUT2D eigenvalue weighted by atomic mass is 9.82. The van der Waals surface area contributed by atoms with Crippen molar-refractivity contribution in [1.82, 2.24) is 9.55 Å². The molecule has 0 radical (unpaired) electrons. The van der Waals surface area contributed by atoms with E-state index in [0.717, 1.165) is 30.4 Å². The number of rotatable bonds is 6. The molecule has 0 aliphatic rings. The second-order valence-corrected chi connectivity index (χ2v) is 6.54. The van der Waals surface area contributed by atoms with Gasteiger partial charge in [0.05, 0.1) is 6.33 Å². The number of benzene rings is 2. The van der Waals surface area contributed by atoms with Crippen LogP contribution in [0.15, 0.2) is 67.3 Å². The number of unbranched alkanes of at least 4 members (excludes halogenated alkanes) is 1. The minimum Gasteiger partial charge on any atom is -0.311 e. The van der Waals surface area contributed by atoms with Gasteiger partial charge in [-0.3, -0.25) is 0 Å². The summed E-state index contributed by atoms with van der Waals surface area (Å²) >= 11 is 6.06. The maximum atomic E-state index is 10.3. The van der Waals surface area contributed by atoms with Crippen molar-refractivity contribution in [3.63, 3.8) is 0 Å². The number of aromatic nitrogens is 2. The molecular formula is C21H20ClN3. The van der Waals surface area contributed by atoms with Crippen molar-refractivity contribution in [3.05, 3.63) is 89.0 Å². The maximum absolute atomic E-state index is 10.3. The Morgan fingerprint density at radius 2 is 1.96 bits per heavy atom. The first-order valence-corrected chi connectivity index (χ1v) is 8.83. The molecule has 3 aromatic rings. The first-order valence-electron chi connectivity index (χ1n) is 8.46. The summed E-state index contributed by atoms with van der Waals surface area (Å²) in [5.41, 5.74) is 2.07. The summed E-state index contributed by atoms with van der Waals surface area (Å²) in [6.45, 7) is 2.18. The molecule has 0 fully saturated rings. The van der Waals surface area contributed by atoms with Crippen LogP contribution in [0.3, 0.4) is 0 Å². The molecule has 4 heteroatoms. The van der Waals surface area contributed by atoms with Crippen molar-refractivity contribution in [2.45, 2.75) is 31.7 Å². The van der Waals surface area contributed by atoms with Gasteiger partial charge in [0.15, 0.2) is 5.54 Å². The molecule has 0 saturated carbocycles. The Bertz CT molecular complexity index is 863. The molecule has 0 amide bonds. The summed E-state index contributed by atoms with van der Waals surface area (Å²) in [4.78, 5) is 4.16. The maximum Gasteiger partial charge on any atom is 0.183 e. The second kappa shape index (κ2) is 7.55. The Labute approximate surface area is 153 Å². The molecule has 1 aromatic heterocycles. The lowest BCUT2D eigenvalue weighted by molar-refractivity contribution is 0.547. The Kier molecular flexibility index (Phi) is 5.21. The zero-order valence-corrected chi connectivity index (χ0v) is 14.9. The third-order valence-corrected chi connectivity index (χ3v) is 4.73. The summed E-state index contributed by atoms with van der Waals surface area (Å²) in [6, 6.07) is 18.3. The van der Waals surface area contributed by atoms with Crippen LogP contribution in [-0.2, 0) is 12.0 Å². The third-order valence-electron chi connectivity index (χ3n) is 4.48. The highest BCUT2D eigenvalue weighted by molar-refractivity contribution is 6.30. The zero-order valence-electron chi connectivity index (χ0n) is 14.2. The molecule has 1 atom stereocenters. The molecular weight excluding hydrogens is 330 g/mol. The van der Waals surface area contributed by atoms with Gasteiger partial charge in [-0.05, 0) is 41.7 Å². The predicted molar refractivity (Wildman–Crippen MR) is 101 cm³/mol. The first-order chi connectivity index (χ1) is 12.2. The van der Waals surface area contributed by atoms with Crippen molar-refractivity contribution in [1.29, 1.82) is 5.26 Å². The van der Waals surface area contributed by atoms with Crippen molar-refractivity contribution in [2.24, 2.45) is 0 Å². The van der Waals surface area contributed by atoms with Crippen molar-refractivity contribution >= 4 is 11.6 Å². The number of halogens is 1. The lowest BCUT2D eigenvalue weighted by Crippen LogP contribution is -2.34. The first kappa shape index (κ1) is 17.3. The number of nitriles is 1. The fraction of sp³-hybridized carbons (Fsp3) is 0.238. The molecule has 3 rings (SSSR count). The van der Waals surface area contributed by atoms with Gasteiger partial charge in [0, 0.05) is 17.4 Å². The summed E-state index contributed by atoms with van der Waals surface area (Å²) < 4.78 is 1.86. The van der Waals surface area contributed by atoms with E-state index in [1.54, 1.807) is 12.5 Å². The zero-order chi connectivity index (χ0) is 17.7. The SMILES string of the molecule is CCCCc1cccc(C(C#N)(c2ccc(Cl)cc2)n2ccnc2)c1. The molecule has 0 aliphatic heterocycles. The molecule has 1 heterocycles. The smallest absolute Gasteiger partial charge is 0.183 e. The van der Waals surface area contributed by atoms with Crippen LogP contribution in [0, 0.1) is 11.3 Å². The van der Waals surface area contributed by atoms with E-state index in [-0.39, 0.29) is 0 Å². The molecule has 0 aliphatic carbocycles. The predicted octanol–water partition coefficient (Wildman–Crippen LogP) is 5.19. The molecule has 3 nitrogen and oxygen atoms in total. The van der Waals surface area contributed by atoms with Gasteiger partial charge in [0.1, 0.15) is 6.07 Å². The highest BCUT2D eigenvalue weighted by Crippen LogP contribution is 2.34. The summed E-state index contributed by atoms with van der Waals surface area (Å²) in [7, 11) is 0. The van der Waals surface area contributed by atoms with Gasteiger partial charge in [-0.2, -0.15) is 5.26 Å². The lowest BCUT2D eigenvalue weighted by Gasteiger charge is -2.30. The fourth-order valence-electron chi connectivity index (χ4n) is 3.13. The van der Waals surface area contributed by atoms with Gasteiger partial charge in [0.2, 0.25) is 0 Å². The number of aryl methyl sites for hydroxylation is 1. The van der Waals surface area contributed by atoms with Gasteiger partial charge < -0.3 is 4.57 Å². The van der Waals surface area contributed by atoms with E-state index in [0.29, 0.717) is 5.02 Å². The van der Waals surface area contributed by atoms with E-state index >= 15 is 0 Å². The monoisotopic (exact) mass is 349 g/mol. The molecule has 2 aromatic carbocycles. The van der Waals surface area contributed by atoms with Crippen molar-refractivity contribution in [2.75, 3.05) is 0 Å². The standard InChI is InChI=1S/C21H20ClN3/c1-2-3-5-17-6-4-7-19(14-17)21(15-23,25-13-12-24-16-25)18-8-10-20(22)11-9-18/h4,6-14,16H,2-3,5H2,1H3. The van der Waals surface area contributed by atoms with Crippen LogP contribution >= 0.6 is 11.6 Å². The molecule has 0 spiro atoms. The molecule has 0 bridgehead atoms. The number of imidazole rings is 1. The Morgan fingerprint density at radius 1 is 1.16 bits per heavy atom. The average Bonchev–Trinajstić information content (AvgIpc) is 3.18. The Morgan fingerprint density at radius 3 is 2.60 bits per heavy atom. The largest absolute Gasteiger partial charge is 0.311 e. The van der Waals surface area contributed by atoms with Crippen LogP contribution in [0.1, 0.15) is 36.5 Å². The quantitative estimate of drug-likeness (QED) is 0.614. The molecule has 1 unspecified atom stereocenters. The van der Waals surface area contributed by atoms with Gasteiger partial charge in [-0.1, -0.05) is 61.3 Å². The Balaban J connectivity index is 2.18. The molecule has 126 valence electrons.